The van der Waals surface area contributed by atoms with Gasteiger partial charge in [0.2, 0.25) is 0 Å². The van der Waals surface area contributed by atoms with Crippen LogP contribution in [-0.4, -0.2) is 16.1 Å². The van der Waals surface area contributed by atoms with Crippen molar-refractivity contribution in [3.8, 4) is 28.0 Å². The molecule has 4 nitrogen and oxygen atoms in total. The van der Waals surface area contributed by atoms with Crippen LogP contribution in [-0.2, 0) is 6.61 Å². The van der Waals surface area contributed by atoms with Gasteiger partial charge in [0, 0.05) is 23.5 Å². The third-order valence-corrected chi connectivity index (χ3v) is 4.64. The highest BCUT2D eigenvalue weighted by Gasteiger charge is 2.13. The number of carbonyl (C=O) groups is 1. The fourth-order valence-corrected chi connectivity index (χ4v) is 3.22. The molecule has 0 amide bonds. The van der Waals surface area contributed by atoms with E-state index >= 15 is 0 Å². The number of hydrogen-bond donors (Lipinski definition) is 1. The van der Waals surface area contributed by atoms with Crippen LogP contribution in [0.4, 0.5) is 0 Å². The Balaban J connectivity index is 1.73. The molecule has 0 radical (unpaired) electrons. The normalized spacial score (nSPS) is 10.5. The predicted molar refractivity (Wildman–Crippen MR) is 113 cm³/mol. The number of aromatic carboxylic acids is 1. The lowest BCUT2D eigenvalue weighted by atomic mass is 9.94. The third kappa shape index (κ3) is 4.17. The molecular weight excluding hydrogens is 362 g/mol. The highest BCUT2D eigenvalue weighted by Crippen LogP contribution is 2.37. The molecular formula is C25H19NO3. The predicted octanol–water partition coefficient (Wildman–Crippen LogP) is 5.69. The van der Waals surface area contributed by atoms with Crippen molar-refractivity contribution in [2.45, 2.75) is 6.61 Å². The molecule has 4 rings (SSSR count). The Morgan fingerprint density at radius 1 is 0.793 bits per heavy atom. The lowest BCUT2D eigenvalue weighted by Crippen LogP contribution is -1.99. The average Bonchev–Trinajstić information content (AvgIpc) is 2.79. The summed E-state index contributed by atoms with van der Waals surface area (Å²) in [6.07, 6.45) is 3.03. The first kappa shape index (κ1) is 18.4. The second-order valence-corrected chi connectivity index (χ2v) is 6.58. The Morgan fingerprint density at radius 3 is 2.21 bits per heavy atom. The summed E-state index contributed by atoms with van der Waals surface area (Å²) in [5.74, 6) is -0.227. The van der Waals surface area contributed by atoms with Gasteiger partial charge in [-0.05, 0) is 28.8 Å². The summed E-state index contributed by atoms with van der Waals surface area (Å²) in [7, 11) is 0. The van der Waals surface area contributed by atoms with E-state index in [2.05, 4.69) is 4.98 Å². The molecule has 4 aromatic rings. The van der Waals surface area contributed by atoms with Gasteiger partial charge in [0.05, 0.1) is 5.56 Å². The van der Waals surface area contributed by atoms with Crippen LogP contribution in [0.5, 0.6) is 5.75 Å². The maximum absolute atomic E-state index is 11.4. The van der Waals surface area contributed by atoms with E-state index in [9.17, 15) is 9.90 Å². The van der Waals surface area contributed by atoms with Crippen LogP contribution < -0.4 is 4.74 Å². The van der Waals surface area contributed by atoms with Crippen molar-refractivity contribution in [3.05, 3.63) is 108 Å². The van der Waals surface area contributed by atoms with Gasteiger partial charge in [0.15, 0.2) is 0 Å². The standard InChI is InChI=1S/C25H19NO3/c27-25(28)20-14-19(15-26-16-20)21-10-4-5-11-22(21)23-12-6-7-13-24(23)29-17-18-8-2-1-3-9-18/h1-16H,17H2,(H,27,28). The molecule has 1 heterocycles. The van der Waals surface area contributed by atoms with E-state index < -0.39 is 5.97 Å². The molecule has 4 heteroatoms. The van der Waals surface area contributed by atoms with Crippen LogP contribution in [0.25, 0.3) is 22.3 Å². The van der Waals surface area contributed by atoms with Crippen LogP contribution in [0, 0.1) is 0 Å². The number of aromatic nitrogens is 1. The highest BCUT2D eigenvalue weighted by molar-refractivity contribution is 5.91. The summed E-state index contributed by atoms with van der Waals surface area (Å²) < 4.78 is 6.12. The van der Waals surface area contributed by atoms with Gasteiger partial charge in [0.1, 0.15) is 12.4 Å². The zero-order valence-electron chi connectivity index (χ0n) is 15.7. The van der Waals surface area contributed by atoms with E-state index in [1.165, 1.54) is 6.20 Å². The molecule has 0 aliphatic carbocycles. The van der Waals surface area contributed by atoms with Gasteiger partial charge in [-0.2, -0.15) is 0 Å². The second kappa shape index (κ2) is 8.40. The van der Waals surface area contributed by atoms with Crippen LogP contribution >= 0.6 is 0 Å². The summed E-state index contributed by atoms with van der Waals surface area (Å²) in [5, 5.41) is 9.30. The smallest absolute Gasteiger partial charge is 0.337 e. The first-order valence-electron chi connectivity index (χ1n) is 9.26. The van der Waals surface area contributed by atoms with E-state index in [4.69, 9.17) is 4.74 Å². The Bertz CT molecular complexity index is 1140. The first-order valence-corrected chi connectivity index (χ1v) is 9.26. The van der Waals surface area contributed by atoms with Crippen molar-refractivity contribution in [3.63, 3.8) is 0 Å². The van der Waals surface area contributed by atoms with E-state index in [0.29, 0.717) is 6.61 Å². The third-order valence-electron chi connectivity index (χ3n) is 4.64. The molecule has 0 spiro atoms. The lowest BCUT2D eigenvalue weighted by molar-refractivity contribution is 0.0696. The van der Waals surface area contributed by atoms with Crippen molar-refractivity contribution in [2.75, 3.05) is 0 Å². The number of rotatable bonds is 6. The number of ether oxygens (including phenoxy) is 1. The Hall–Kier alpha value is -3.92. The number of carboxylic acids is 1. The Kier molecular flexibility index (Phi) is 5.34. The van der Waals surface area contributed by atoms with Gasteiger partial charge < -0.3 is 9.84 Å². The molecule has 0 unspecified atom stereocenters. The maximum Gasteiger partial charge on any atom is 0.337 e. The number of carboxylic acid groups (broad SMARTS) is 1. The van der Waals surface area contributed by atoms with Crippen LogP contribution in [0.1, 0.15) is 15.9 Å². The number of hydrogen-bond acceptors (Lipinski definition) is 3. The minimum Gasteiger partial charge on any atom is -0.488 e. The Morgan fingerprint density at radius 2 is 1.45 bits per heavy atom. The largest absolute Gasteiger partial charge is 0.488 e. The van der Waals surface area contributed by atoms with Gasteiger partial charge in [-0.1, -0.05) is 72.8 Å². The van der Waals surface area contributed by atoms with E-state index in [1.807, 2.05) is 78.9 Å². The summed E-state index contributed by atoms with van der Waals surface area (Å²) >= 11 is 0. The number of nitrogens with zero attached hydrogens (tertiary/aromatic N) is 1. The van der Waals surface area contributed by atoms with Crippen LogP contribution in [0.15, 0.2) is 97.3 Å². The molecule has 29 heavy (non-hydrogen) atoms. The van der Waals surface area contributed by atoms with Gasteiger partial charge >= 0.3 is 5.97 Å². The fraction of sp³-hybridized carbons (Fsp3) is 0.0400. The van der Waals surface area contributed by atoms with E-state index in [-0.39, 0.29) is 5.56 Å². The minimum atomic E-state index is -0.997. The quantitative estimate of drug-likeness (QED) is 0.466. The minimum absolute atomic E-state index is 0.158. The fourth-order valence-electron chi connectivity index (χ4n) is 3.22. The SMILES string of the molecule is O=C(O)c1cncc(-c2ccccc2-c2ccccc2OCc2ccccc2)c1. The number of para-hydroxylation sites is 1. The van der Waals surface area contributed by atoms with Crippen molar-refractivity contribution < 1.29 is 14.6 Å². The average molecular weight is 381 g/mol. The van der Waals surface area contributed by atoms with Gasteiger partial charge in [-0.25, -0.2) is 4.79 Å². The van der Waals surface area contributed by atoms with Crippen molar-refractivity contribution in [2.24, 2.45) is 0 Å². The summed E-state index contributed by atoms with van der Waals surface area (Å²) in [5.41, 5.74) is 4.80. The molecule has 0 atom stereocenters. The van der Waals surface area contributed by atoms with Crippen LogP contribution in [0.2, 0.25) is 0 Å². The highest BCUT2D eigenvalue weighted by atomic mass is 16.5. The van der Waals surface area contributed by atoms with Gasteiger partial charge in [0.25, 0.3) is 0 Å². The zero-order chi connectivity index (χ0) is 20.1. The second-order valence-electron chi connectivity index (χ2n) is 6.58. The number of benzene rings is 3. The molecule has 0 bridgehead atoms. The van der Waals surface area contributed by atoms with Crippen molar-refractivity contribution in [1.82, 2.24) is 4.98 Å². The molecule has 1 N–H and O–H groups in total. The Labute approximate surface area is 169 Å². The monoisotopic (exact) mass is 381 g/mol. The zero-order valence-corrected chi connectivity index (χ0v) is 15.7. The molecule has 0 aliphatic rings. The molecule has 0 saturated carbocycles. The molecule has 0 fully saturated rings. The van der Waals surface area contributed by atoms with Gasteiger partial charge in [-0.3, -0.25) is 4.98 Å². The summed E-state index contributed by atoms with van der Waals surface area (Å²) in [6.45, 7) is 0.468. The van der Waals surface area contributed by atoms with Gasteiger partial charge in [-0.15, -0.1) is 0 Å². The van der Waals surface area contributed by atoms with E-state index in [1.54, 1.807) is 12.3 Å². The van der Waals surface area contributed by atoms with E-state index in [0.717, 1.165) is 33.6 Å². The molecule has 142 valence electrons. The van der Waals surface area contributed by atoms with Crippen molar-refractivity contribution >= 4 is 5.97 Å². The number of pyridine rings is 1. The molecule has 1 aromatic heterocycles. The summed E-state index contributed by atoms with van der Waals surface area (Å²) in [4.78, 5) is 15.5. The molecule has 0 aliphatic heterocycles. The topological polar surface area (TPSA) is 59.4 Å². The molecule has 3 aromatic carbocycles. The van der Waals surface area contributed by atoms with Crippen molar-refractivity contribution in [1.29, 1.82) is 0 Å². The maximum atomic E-state index is 11.4. The lowest BCUT2D eigenvalue weighted by Gasteiger charge is -2.15. The summed E-state index contributed by atoms with van der Waals surface area (Å²) in [6, 6.07) is 27.4. The van der Waals surface area contributed by atoms with Crippen LogP contribution in [0.3, 0.4) is 0 Å². The first-order chi connectivity index (χ1) is 14.2. The molecule has 0 saturated heterocycles.